The molecule has 0 spiro atoms. The van der Waals surface area contributed by atoms with Gasteiger partial charge in [-0.3, -0.25) is 0 Å². The van der Waals surface area contributed by atoms with E-state index in [0.717, 1.165) is 18.9 Å². The highest BCUT2D eigenvalue weighted by Crippen LogP contribution is 2.41. The maximum Gasteiger partial charge on any atom is 0.123 e. The van der Waals surface area contributed by atoms with Crippen molar-refractivity contribution in [2.75, 3.05) is 6.54 Å². The SMILES string of the molecule is CCCNC(c1cc(F)ccc1C)C1CCCCC1CC. The van der Waals surface area contributed by atoms with Gasteiger partial charge in [0.1, 0.15) is 5.82 Å². The van der Waals surface area contributed by atoms with Gasteiger partial charge in [0, 0.05) is 6.04 Å². The molecule has 0 heterocycles. The Kier molecular flexibility index (Phi) is 6.22. The van der Waals surface area contributed by atoms with Gasteiger partial charge in [-0.05, 0) is 61.4 Å². The summed E-state index contributed by atoms with van der Waals surface area (Å²) >= 11 is 0. The fourth-order valence-corrected chi connectivity index (χ4v) is 3.92. The molecule has 1 nitrogen and oxygen atoms in total. The Bertz CT molecular complexity index is 443. The van der Waals surface area contributed by atoms with Gasteiger partial charge in [0.25, 0.3) is 0 Å². The van der Waals surface area contributed by atoms with Crippen molar-refractivity contribution >= 4 is 0 Å². The Morgan fingerprint density at radius 3 is 2.71 bits per heavy atom. The highest BCUT2D eigenvalue weighted by Gasteiger charge is 2.32. The third kappa shape index (κ3) is 4.06. The van der Waals surface area contributed by atoms with Crippen molar-refractivity contribution in [3.05, 3.63) is 35.1 Å². The number of benzene rings is 1. The number of hydrogen-bond donors (Lipinski definition) is 1. The van der Waals surface area contributed by atoms with Gasteiger partial charge >= 0.3 is 0 Å². The molecule has 1 fully saturated rings. The lowest BCUT2D eigenvalue weighted by Gasteiger charge is -2.38. The average molecular weight is 291 g/mol. The molecule has 1 aliphatic carbocycles. The first-order valence-corrected chi connectivity index (χ1v) is 8.66. The van der Waals surface area contributed by atoms with Crippen molar-refractivity contribution in [1.82, 2.24) is 5.32 Å². The Morgan fingerprint density at radius 2 is 2.00 bits per heavy atom. The third-order valence-electron chi connectivity index (χ3n) is 5.11. The molecule has 1 N–H and O–H groups in total. The van der Waals surface area contributed by atoms with Crippen LogP contribution in [0.25, 0.3) is 0 Å². The molecule has 0 saturated heterocycles. The molecule has 21 heavy (non-hydrogen) atoms. The second-order valence-electron chi connectivity index (χ2n) is 6.55. The van der Waals surface area contributed by atoms with Crippen molar-refractivity contribution in [3.8, 4) is 0 Å². The van der Waals surface area contributed by atoms with E-state index in [1.807, 2.05) is 6.07 Å². The minimum Gasteiger partial charge on any atom is -0.310 e. The van der Waals surface area contributed by atoms with Crippen LogP contribution in [-0.4, -0.2) is 6.54 Å². The molecule has 1 saturated carbocycles. The third-order valence-corrected chi connectivity index (χ3v) is 5.11. The lowest BCUT2D eigenvalue weighted by atomic mass is 9.72. The summed E-state index contributed by atoms with van der Waals surface area (Å²) in [5, 5.41) is 3.72. The molecule has 0 aliphatic heterocycles. The van der Waals surface area contributed by atoms with E-state index in [0.29, 0.717) is 12.0 Å². The van der Waals surface area contributed by atoms with Crippen LogP contribution >= 0.6 is 0 Å². The predicted molar refractivity (Wildman–Crippen MR) is 87.9 cm³/mol. The monoisotopic (exact) mass is 291 g/mol. The van der Waals surface area contributed by atoms with E-state index in [1.165, 1.54) is 43.2 Å². The van der Waals surface area contributed by atoms with Gasteiger partial charge in [0.2, 0.25) is 0 Å². The van der Waals surface area contributed by atoms with E-state index in [4.69, 9.17) is 0 Å². The minimum atomic E-state index is -0.109. The van der Waals surface area contributed by atoms with Gasteiger partial charge in [-0.1, -0.05) is 45.6 Å². The van der Waals surface area contributed by atoms with Crippen LogP contribution in [0.5, 0.6) is 0 Å². The van der Waals surface area contributed by atoms with Crippen molar-refractivity contribution < 1.29 is 4.39 Å². The largest absolute Gasteiger partial charge is 0.310 e. The summed E-state index contributed by atoms with van der Waals surface area (Å²) in [6.07, 6.45) is 7.64. The first kappa shape index (κ1) is 16.5. The molecule has 2 heteroatoms. The highest BCUT2D eigenvalue weighted by molar-refractivity contribution is 5.30. The number of nitrogens with one attached hydrogen (secondary N) is 1. The van der Waals surface area contributed by atoms with Gasteiger partial charge < -0.3 is 5.32 Å². The Hall–Kier alpha value is -0.890. The summed E-state index contributed by atoms with van der Waals surface area (Å²) in [6.45, 7) is 7.62. The number of rotatable bonds is 6. The lowest BCUT2D eigenvalue weighted by molar-refractivity contribution is 0.175. The quantitative estimate of drug-likeness (QED) is 0.741. The van der Waals surface area contributed by atoms with Crippen molar-refractivity contribution in [2.24, 2.45) is 11.8 Å². The molecule has 2 rings (SSSR count). The van der Waals surface area contributed by atoms with E-state index in [-0.39, 0.29) is 5.82 Å². The van der Waals surface area contributed by atoms with Crippen LogP contribution < -0.4 is 5.32 Å². The molecule has 1 aromatic carbocycles. The first-order chi connectivity index (χ1) is 10.2. The molecule has 3 unspecified atom stereocenters. The number of hydrogen-bond acceptors (Lipinski definition) is 1. The molecule has 0 radical (unpaired) electrons. The minimum absolute atomic E-state index is 0.109. The zero-order valence-electron chi connectivity index (χ0n) is 13.8. The van der Waals surface area contributed by atoms with E-state index in [2.05, 4.69) is 26.1 Å². The Morgan fingerprint density at radius 1 is 1.24 bits per heavy atom. The van der Waals surface area contributed by atoms with Crippen LogP contribution in [-0.2, 0) is 0 Å². The van der Waals surface area contributed by atoms with Crippen LogP contribution in [0.15, 0.2) is 18.2 Å². The number of aryl methyl sites for hydroxylation is 1. The van der Waals surface area contributed by atoms with Gasteiger partial charge in [0.15, 0.2) is 0 Å². The molecule has 118 valence electrons. The summed E-state index contributed by atoms with van der Waals surface area (Å²) in [6, 6.07) is 5.57. The van der Waals surface area contributed by atoms with Crippen LogP contribution in [0, 0.1) is 24.6 Å². The Labute approximate surface area is 129 Å². The smallest absolute Gasteiger partial charge is 0.123 e. The van der Waals surface area contributed by atoms with Crippen LogP contribution in [0.2, 0.25) is 0 Å². The summed E-state index contributed by atoms with van der Waals surface area (Å²) < 4.78 is 13.7. The standard InChI is InChI=1S/C19H30FN/c1-4-12-21-19(17-9-7-6-8-15(17)5-2)18-13-16(20)11-10-14(18)3/h10-11,13,15,17,19,21H,4-9,12H2,1-3H3. The van der Waals surface area contributed by atoms with Gasteiger partial charge in [-0.25, -0.2) is 4.39 Å². The molecule has 1 aliphatic rings. The van der Waals surface area contributed by atoms with Crippen LogP contribution in [0.4, 0.5) is 4.39 Å². The lowest BCUT2D eigenvalue weighted by Crippen LogP contribution is -2.35. The normalized spacial score (nSPS) is 24.0. The molecule has 0 aromatic heterocycles. The van der Waals surface area contributed by atoms with E-state index in [1.54, 1.807) is 12.1 Å². The Balaban J connectivity index is 2.30. The second kappa shape index (κ2) is 7.93. The summed E-state index contributed by atoms with van der Waals surface area (Å²) in [5.41, 5.74) is 2.39. The molecule has 0 amide bonds. The van der Waals surface area contributed by atoms with E-state index >= 15 is 0 Å². The molecule has 0 bridgehead atoms. The van der Waals surface area contributed by atoms with Gasteiger partial charge in [0.05, 0.1) is 0 Å². The predicted octanol–water partition coefficient (Wildman–Crippen LogP) is 5.39. The zero-order chi connectivity index (χ0) is 15.2. The maximum absolute atomic E-state index is 13.7. The van der Waals surface area contributed by atoms with Gasteiger partial charge in [-0.2, -0.15) is 0 Å². The van der Waals surface area contributed by atoms with Crippen molar-refractivity contribution in [2.45, 2.75) is 65.3 Å². The second-order valence-corrected chi connectivity index (χ2v) is 6.55. The maximum atomic E-state index is 13.7. The van der Waals surface area contributed by atoms with Crippen LogP contribution in [0.1, 0.15) is 69.5 Å². The van der Waals surface area contributed by atoms with Crippen molar-refractivity contribution in [3.63, 3.8) is 0 Å². The molecule has 1 aromatic rings. The summed E-state index contributed by atoms with van der Waals surface area (Å²) in [7, 11) is 0. The average Bonchev–Trinajstić information content (AvgIpc) is 2.51. The van der Waals surface area contributed by atoms with Crippen molar-refractivity contribution in [1.29, 1.82) is 0 Å². The topological polar surface area (TPSA) is 12.0 Å². The number of halogens is 1. The molecule has 3 atom stereocenters. The van der Waals surface area contributed by atoms with Gasteiger partial charge in [-0.15, -0.1) is 0 Å². The molecular formula is C19H30FN. The van der Waals surface area contributed by atoms with Crippen LogP contribution in [0.3, 0.4) is 0 Å². The summed E-state index contributed by atoms with van der Waals surface area (Å²) in [5.74, 6) is 1.31. The fraction of sp³-hybridized carbons (Fsp3) is 0.684. The first-order valence-electron chi connectivity index (χ1n) is 8.66. The molecular weight excluding hydrogens is 261 g/mol. The fourth-order valence-electron chi connectivity index (χ4n) is 3.92. The zero-order valence-corrected chi connectivity index (χ0v) is 13.8. The van der Waals surface area contributed by atoms with E-state index < -0.39 is 0 Å². The summed E-state index contributed by atoms with van der Waals surface area (Å²) in [4.78, 5) is 0. The van der Waals surface area contributed by atoms with E-state index in [9.17, 15) is 4.39 Å². The highest BCUT2D eigenvalue weighted by atomic mass is 19.1.